The van der Waals surface area contributed by atoms with Gasteiger partial charge in [-0.1, -0.05) is 37.7 Å². The Bertz CT molecular complexity index is 1720. The number of aromatic nitrogens is 3. The molecule has 222 valence electrons. The van der Waals surface area contributed by atoms with Crippen molar-refractivity contribution < 1.29 is 27.5 Å². The van der Waals surface area contributed by atoms with Gasteiger partial charge >= 0.3 is 12.4 Å². The summed E-state index contributed by atoms with van der Waals surface area (Å²) in [4.78, 5) is 35.8. The lowest BCUT2D eigenvalue weighted by Crippen LogP contribution is -2.31. The van der Waals surface area contributed by atoms with Gasteiger partial charge in [0.05, 0.1) is 22.8 Å². The van der Waals surface area contributed by atoms with E-state index in [1.807, 2.05) is 39.0 Å². The van der Waals surface area contributed by atoms with Crippen molar-refractivity contribution in [3.63, 3.8) is 0 Å². The summed E-state index contributed by atoms with van der Waals surface area (Å²) in [6.07, 6.45) is -3.35. The molecule has 1 aliphatic heterocycles. The quantitative estimate of drug-likeness (QED) is 0.225. The van der Waals surface area contributed by atoms with Crippen molar-refractivity contribution in [1.82, 2.24) is 14.8 Å². The third kappa shape index (κ3) is 7.08. The number of anilines is 2. The number of alkyl halides is 3. The molecule has 3 aromatic carbocycles. The number of carbonyl (C=O) groups excluding carboxylic acids is 2. The molecule has 0 atom stereocenters. The van der Waals surface area contributed by atoms with E-state index in [0.29, 0.717) is 32.4 Å². The molecule has 0 aliphatic carbocycles. The molecule has 4 aromatic rings. The average molecular weight is 674 g/mol. The third-order valence-corrected chi connectivity index (χ3v) is 7.89. The highest BCUT2D eigenvalue weighted by atomic mass is 79.9. The maximum atomic E-state index is 12.9. The molecule has 1 aromatic heterocycles. The number of aryl methyl sites for hydroxylation is 1. The summed E-state index contributed by atoms with van der Waals surface area (Å²) in [6, 6.07) is 15.6. The zero-order valence-corrected chi connectivity index (χ0v) is 25.4. The van der Waals surface area contributed by atoms with Crippen LogP contribution < -0.4 is 15.0 Å². The maximum absolute atomic E-state index is 12.9. The molecule has 1 saturated heterocycles. The summed E-state index contributed by atoms with van der Waals surface area (Å²) in [5.74, 6) is 0.209. The van der Waals surface area contributed by atoms with Gasteiger partial charge in [0.25, 0.3) is 0 Å². The molecular formula is C29H24BrF3N6O3S. The predicted octanol–water partition coefficient (Wildman–Crippen LogP) is 7.70. The number of thioether (sulfide) groups is 1. The molecule has 14 heteroatoms. The van der Waals surface area contributed by atoms with E-state index in [1.54, 1.807) is 18.2 Å². The highest BCUT2D eigenvalue weighted by Crippen LogP contribution is 2.35. The molecule has 9 nitrogen and oxygen atoms in total. The molecule has 0 bridgehead atoms. The first kappa shape index (κ1) is 30.3. The third-order valence-electron chi connectivity index (χ3n) is 6.31. The molecule has 1 fully saturated rings. The van der Waals surface area contributed by atoms with Crippen LogP contribution in [-0.4, -0.2) is 44.0 Å². The largest absolute Gasteiger partial charge is 0.573 e. The second-order valence-corrected chi connectivity index (χ2v) is 11.6. The van der Waals surface area contributed by atoms with Crippen molar-refractivity contribution in [2.24, 2.45) is 4.99 Å². The lowest BCUT2D eigenvalue weighted by atomic mass is 9.99. The van der Waals surface area contributed by atoms with Crippen LogP contribution >= 0.6 is 27.7 Å². The number of urea groups is 1. The van der Waals surface area contributed by atoms with Crippen LogP contribution in [0.2, 0.25) is 0 Å². The van der Waals surface area contributed by atoms with E-state index in [1.165, 1.54) is 51.9 Å². The first-order chi connectivity index (χ1) is 20.4. The fourth-order valence-corrected chi connectivity index (χ4v) is 5.66. The number of nitrogens with one attached hydrogen (secondary N) is 1. The zero-order chi connectivity index (χ0) is 30.9. The average Bonchev–Trinajstić information content (AvgIpc) is 3.56. The number of nitrogens with zero attached hydrogens (tertiary/aromatic N) is 5. The number of ether oxygens (including phenoxy) is 1. The Morgan fingerprint density at radius 1 is 1.12 bits per heavy atom. The number of halogens is 4. The monoisotopic (exact) mass is 672 g/mol. The highest BCUT2D eigenvalue weighted by Gasteiger charge is 2.33. The first-order valence-electron chi connectivity index (χ1n) is 12.9. The Balaban J connectivity index is 1.31. The molecule has 2 heterocycles. The number of benzene rings is 3. The first-order valence-corrected chi connectivity index (χ1v) is 14.7. The van der Waals surface area contributed by atoms with Gasteiger partial charge in [-0.15, -0.1) is 18.3 Å². The molecule has 0 unspecified atom stereocenters. The molecule has 5 rings (SSSR count). The standard InChI is InChI=1S/C29H24BrF3N6O3S/c1-16(2)21-10-4-17(3)12-24(21)39-25(40)14-43-28(39)36-27(41)35-23-11-5-18(13-22(23)30)26-34-15-38(37-26)19-6-8-20(9-7-19)42-29(31,32)33/h4-13,15-16H,14H2,1-3H3,(H,35,41)/b36-28-. The van der Waals surface area contributed by atoms with Crippen molar-refractivity contribution in [2.45, 2.75) is 33.1 Å². The van der Waals surface area contributed by atoms with Crippen LogP contribution in [-0.2, 0) is 4.79 Å². The van der Waals surface area contributed by atoms with Crippen molar-refractivity contribution in [3.05, 3.63) is 82.6 Å². The van der Waals surface area contributed by atoms with Gasteiger partial charge in [0.15, 0.2) is 11.0 Å². The van der Waals surface area contributed by atoms with E-state index in [4.69, 9.17) is 0 Å². The Labute approximate surface area is 257 Å². The highest BCUT2D eigenvalue weighted by molar-refractivity contribution is 9.10. The van der Waals surface area contributed by atoms with Gasteiger partial charge in [-0.3, -0.25) is 9.69 Å². The summed E-state index contributed by atoms with van der Waals surface area (Å²) in [5, 5.41) is 7.44. The smallest absolute Gasteiger partial charge is 0.406 e. The van der Waals surface area contributed by atoms with E-state index in [0.717, 1.165) is 16.8 Å². The number of amides is 3. The minimum absolute atomic E-state index is 0.146. The number of hydrogen-bond donors (Lipinski definition) is 1. The van der Waals surface area contributed by atoms with Gasteiger partial charge in [-0.05, 0) is 88.4 Å². The fraction of sp³-hybridized carbons (Fsp3) is 0.207. The van der Waals surface area contributed by atoms with Crippen LogP contribution in [0.5, 0.6) is 5.75 Å². The van der Waals surface area contributed by atoms with Crippen molar-refractivity contribution in [2.75, 3.05) is 16.0 Å². The summed E-state index contributed by atoms with van der Waals surface area (Å²) in [6.45, 7) is 6.03. The van der Waals surface area contributed by atoms with Crippen LogP contribution in [0.3, 0.4) is 0 Å². The van der Waals surface area contributed by atoms with Crippen LogP contribution in [0.15, 0.2) is 76.5 Å². The van der Waals surface area contributed by atoms with E-state index >= 15 is 0 Å². The summed E-state index contributed by atoms with van der Waals surface area (Å²) in [5.41, 5.74) is 4.24. The topological polar surface area (TPSA) is 102 Å². The lowest BCUT2D eigenvalue weighted by Gasteiger charge is -2.22. The SMILES string of the molecule is Cc1ccc(C(C)C)c(N2C(=O)CS/C2=N\C(=O)Nc2ccc(-c3ncn(-c4ccc(OC(F)(F)F)cc4)n3)cc2Br)c1. The van der Waals surface area contributed by atoms with Crippen LogP contribution in [0.1, 0.15) is 30.9 Å². The number of hydrogen-bond acceptors (Lipinski definition) is 6. The molecule has 0 radical (unpaired) electrons. The van der Waals surface area contributed by atoms with Gasteiger partial charge in [-0.25, -0.2) is 14.5 Å². The zero-order valence-electron chi connectivity index (χ0n) is 23.0. The molecule has 0 saturated carbocycles. The second kappa shape index (κ2) is 12.2. The molecule has 43 heavy (non-hydrogen) atoms. The Kier molecular flexibility index (Phi) is 8.60. The van der Waals surface area contributed by atoms with Crippen molar-refractivity contribution >= 4 is 56.2 Å². The van der Waals surface area contributed by atoms with Crippen LogP contribution in [0.25, 0.3) is 17.1 Å². The van der Waals surface area contributed by atoms with Crippen molar-refractivity contribution in [1.29, 1.82) is 0 Å². The number of amidine groups is 1. The lowest BCUT2D eigenvalue weighted by molar-refractivity contribution is -0.274. The summed E-state index contributed by atoms with van der Waals surface area (Å²) in [7, 11) is 0. The second-order valence-electron chi connectivity index (χ2n) is 9.81. The minimum atomic E-state index is -4.78. The van der Waals surface area contributed by atoms with Crippen molar-refractivity contribution in [3.8, 4) is 22.8 Å². The summed E-state index contributed by atoms with van der Waals surface area (Å²) < 4.78 is 43.1. The maximum Gasteiger partial charge on any atom is 0.573 e. The number of carbonyl (C=O) groups is 2. The predicted molar refractivity (Wildman–Crippen MR) is 163 cm³/mol. The van der Waals surface area contributed by atoms with E-state index in [-0.39, 0.29) is 23.3 Å². The van der Waals surface area contributed by atoms with Gasteiger partial charge in [-0.2, -0.15) is 4.99 Å². The molecule has 3 amide bonds. The van der Waals surface area contributed by atoms with Gasteiger partial charge in [0.1, 0.15) is 12.1 Å². The molecule has 1 N–H and O–H groups in total. The normalized spacial score (nSPS) is 14.6. The van der Waals surface area contributed by atoms with E-state index in [2.05, 4.69) is 41.1 Å². The van der Waals surface area contributed by atoms with Gasteiger partial charge < -0.3 is 10.1 Å². The van der Waals surface area contributed by atoms with E-state index in [9.17, 15) is 22.8 Å². The fourth-order valence-electron chi connectivity index (χ4n) is 4.32. The number of rotatable bonds is 6. The van der Waals surface area contributed by atoms with Gasteiger partial charge in [0, 0.05) is 10.0 Å². The summed E-state index contributed by atoms with van der Waals surface area (Å²) >= 11 is 4.66. The number of aliphatic imine (C=N–C) groups is 1. The van der Waals surface area contributed by atoms with Gasteiger partial charge in [0.2, 0.25) is 5.91 Å². The Morgan fingerprint density at radius 2 is 1.86 bits per heavy atom. The molecular weight excluding hydrogens is 649 g/mol. The molecule has 1 aliphatic rings. The van der Waals surface area contributed by atoms with Crippen LogP contribution in [0, 0.1) is 6.92 Å². The Hall–Kier alpha value is -4.17. The molecule has 0 spiro atoms. The minimum Gasteiger partial charge on any atom is -0.406 e. The Morgan fingerprint density at radius 3 is 2.53 bits per heavy atom. The van der Waals surface area contributed by atoms with Crippen LogP contribution in [0.4, 0.5) is 29.3 Å². The van der Waals surface area contributed by atoms with E-state index < -0.39 is 12.4 Å².